The van der Waals surface area contributed by atoms with Crippen LogP contribution in [0.4, 0.5) is 0 Å². The number of carboxylic acid groups (broad SMARTS) is 1. The van der Waals surface area contributed by atoms with Crippen LogP contribution in [0, 0.1) is 5.92 Å². The van der Waals surface area contributed by atoms with Gasteiger partial charge >= 0.3 is 43.7 Å². The summed E-state index contributed by atoms with van der Waals surface area (Å²) in [6, 6.07) is 0. The summed E-state index contributed by atoms with van der Waals surface area (Å²) in [6.07, 6.45) is 21.5. The molecule has 1 atom stereocenters. The number of hydrogen-bond donors (Lipinski definition) is 2. The molecule has 0 spiro atoms. The Bertz CT molecular complexity index is 339. The van der Waals surface area contributed by atoms with Gasteiger partial charge in [-0.2, -0.15) is 0 Å². The van der Waals surface area contributed by atoms with Gasteiger partial charge in [-0.05, 0) is 44.8 Å². The van der Waals surface area contributed by atoms with E-state index in [0.717, 1.165) is 18.8 Å². The first-order chi connectivity index (χ1) is 13.6. The molecule has 0 fully saturated rings. The Morgan fingerprint density at radius 1 is 0.700 bits per heavy atom. The summed E-state index contributed by atoms with van der Waals surface area (Å²) in [5.74, 6) is 0.296. The van der Waals surface area contributed by atoms with Crippen LogP contribution in [0.3, 0.4) is 0 Å². The molecule has 4 N–H and O–H groups in total. The van der Waals surface area contributed by atoms with Crippen LogP contribution in [-0.4, -0.2) is 73.3 Å². The third-order valence-corrected chi connectivity index (χ3v) is 6.20. The second-order valence-corrected chi connectivity index (χ2v) is 8.65. The number of unbranched alkanes of at least 4 members (excludes halogenated alkanes) is 10. The van der Waals surface area contributed by atoms with Gasteiger partial charge in [-0.25, -0.2) is 0 Å². The summed E-state index contributed by atoms with van der Waals surface area (Å²) in [7, 11) is 0. The van der Waals surface area contributed by atoms with Gasteiger partial charge in [0.25, 0.3) is 0 Å². The summed E-state index contributed by atoms with van der Waals surface area (Å²) in [5, 5.41) is 8.64. The van der Waals surface area contributed by atoms with E-state index >= 15 is 0 Å². The number of carbonyl (C=O) groups is 1. The van der Waals surface area contributed by atoms with Crippen LogP contribution in [0.5, 0.6) is 0 Å². The molecule has 1 unspecified atom stereocenters. The van der Waals surface area contributed by atoms with Gasteiger partial charge in [0.15, 0.2) is 0 Å². The van der Waals surface area contributed by atoms with Crippen LogP contribution in [0.2, 0.25) is 0 Å². The van der Waals surface area contributed by atoms with Crippen LogP contribution < -0.4 is 6.15 Å². The third-order valence-electron chi connectivity index (χ3n) is 6.20. The molecular weight excluding hydrogens is 400 g/mol. The summed E-state index contributed by atoms with van der Waals surface area (Å²) >= 11 is 0. The van der Waals surface area contributed by atoms with E-state index in [4.69, 9.17) is 5.11 Å². The van der Waals surface area contributed by atoms with E-state index in [-0.39, 0.29) is 43.9 Å². The van der Waals surface area contributed by atoms with Gasteiger partial charge in [-0.1, -0.05) is 104 Å². The Kier molecular flexibility index (Phi) is 32.5. The van der Waals surface area contributed by atoms with Gasteiger partial charge in [0.1, 0.15) is 0 Å². The summed E-state index contributed by atoms with van der Waals surface area (Å²) in [6.45, 7) is 10.5. The van der Waals surface area contributed by atoms with Crippen molar-refractivity contribution < 1.29 is 9.90 Å². The van der Waals surface area contributed by atoms with Crippen molar-refractivity contribution in [1.82, 2.24) is 11.1 Å². The third kappa shape index (κ3) is 24.9. The molecule has 0 saturated carbocycles. The molecular formula is C25H56CaN2O2. The first-order valence-corrected chi connectivity index (χ1v) is 12.6. The number of hydrogen-bond acceptors (Lipinski definition) is 3. The monoisotopic (exact) mass is 456 g/mol. The second-order valence-electron chi connectivity index (χ2n) is 8.65. The van der Waals surface area contributed by atoms with Crippen molar-refractivity contribution in [2.24, 2.45) is 5.92 Å². The van der Waals surface area contributed by atoms with Crippen LogP contribution in [0.1, 0.15) is 130 Å². The standard InChI is InChI=1S/C25H51NO2.Ca.H3N.2H/c1-4-7-8-15-19-24(21-18-23-26(5-2)6-3)20-16-13-11-9-10-12-14-17-22-25(27)28;;;;/h24H,4-23H2,1-3H3,(H,27,28);;1H3;;. The van der Waals surface area contributed by atoms with Gasteiger partial charge in [0, 0.05) is 6.42 Å². The van der Waals surface area contributed by atoms with Crippen molar-refractivity contribution in [3.05, 3.63) is 0 Å². The molecule has 0 saturated heterocycles. The number of rotatable bonds is 22. The summed E-state index contributed by atoms with van der Waals surface area (Å²) in [5.41, 5.74) is 0. The molecule has 0 amide bonds. The molecule has 5 heteroatoms. The van der Waals surface area contributed by atoms with Crippen molar-refractivity contribution >= 4 is 43.7 Å². The van der Waals surface area contributed by atoms with E-state index in [2.05, 4.69) is 25.7 Å². The first kappa shape index (κ1) is 35.2. The zero-order chi connectivity index (χ0) is 20.9. The van der Waals surface area contributed by atoms with Crippen molar-refractivity contribution in [2.75, 3.05) is 19.6 Å². The summed E-state index contributed by atoms with van der Waals surface area (Å²) < 4.78 is 0. The van der Waals surface area contributed by atoms with E-state index in [1.165, 1.54) is 110 Å². The molecule has 0 radical (unpaired) electrons. The molecule has 0 aliphatic carbocycles. The van der Waals surface area contributed by atoms with Gasteiger partial charge < -0.3 is 16.2 Å². The molecule has 30 heavy (non-hydrogen) atoms. The Morgan fingerprint density at radius 3 is 1.60 bits per heavy atom. The van der Waals surface area contributed by atoms with E-state index in [1.54, 1.807) is 0 Å². The molecule has 0 aliphatic heterocycles. The summed E-state index contributed by atoms with van der Waals surface area (Å²) in [4.78, 5) is 13.0. The van der Waals surface area contributed by atoms with Gasteiger partial charge in [-0.3, -0.25) is 4.79 Å². The average molecular weight is 457 g/mol. The minimum atomic E-state index is -0.652. The quantitative estimate of drug-likeness (QED) is 0.137. The van der Waals surface area contributed by atoms with E-state index in [9.17, 15) is 4.79 Å². The number of nitrogens with zero attached hydrogens (tertiary/aromatic N) is 1. The molecule has 0 rings (SSSR count). The van der Waals surface area contributed by atoms with E-state index in [1.807, 2.05) is 0 Å². The Hall–Kier alpha value is 0.650. The molecule has 0 bridgehead atoms. The maximum absolute atomic E-state index is 10.5. The van der Waals surface area contributed by atoms with Crippen molar-refractivity contribution in [2.45, 2.75) is 130 Å². The molecule has 0 aromatic rings. The van der Waals surface area contributed by atoms with E-state index < -0.39 is 5.97 Å². The SMILES string of the molecule is CCCCCCC(CCCCCCCCCCC(=O)O)CCCN(CC)CC.N.[CaH2]. The van der Waals surface area contributed by atoms with Crippen LogP contribution in [-0.2, 0) is 4.79 Å². The molecule has 0 aromatic heterocycles. The Morgan fingerprint density at radius 2 is 1.13 bits per heavy atom. The van der Waals surface area contributed by atoms with Gasteiger partial charge in [0.05, 0.1) is 0 Å². The second kappa shape index (κ2) is 27.7. The zero-order valence-corrected chi connectivity index (χ0v) is 20.2. The zero-order valence-electron chi connectivity index (χ0n) is 20.2. The molecule has 0 aromatic carbocycles. The van der Waals surface area contributed by atoms with Gasteiger partial charge in [-0.15, -0.1) is 0 Å². The van der Waals surface area contributed by atoms with Crippen molar-refractivity contribution in [3.8, 4) is 0 Å². The van der Waals surface area contributed by atoms with Crippen molar-refractivity contribution in [1.29, 1.82) is 0 Å². The molecule has 4 nitrogen and oxygen atoms in total. The average Bonchev–Trinajstić information content (AvgIpc) is 2.69. The fourth-order valence-corrected chi connectivity index (χ4v) is 4.21. The van der Waals surface area contributed by atoms with Gasteiger partial charge in [0.2, 0.25) is 0 Å². The fraction of sp³-hybridized carbons (Fsp3) is 0.960. The predicted octanol–water partition coefficient (Wildman–Crippen LogP) is 6.93. The van der Waals surface area contributed by atoms with Crippen LogP contribution >= 0.6 is 0 Å². The molecule has 180 valence electrons. The van der Waals surface area contributed by atoms with Crippen LogP contribution in [0.15, 0.2) is 0 Å². The first-order valence-electron chi connectivity index (χ1n) is 12.6. The van der Waals surface area contributed by atoms with E-state index in [0.29, 0.717) is 6.42 Å². The topological polar surface area (TPSA) is 75.5 Å². The van der Waals surface area contributed by atoms with Crippen molar-refractivity contribution in [3.63, 3.8) is 0 Å². The Balaban J connectivity index is -0.00000364. The normalized spacial score (nSPS) is 11.7. The maximum atomic E-state index is 10.5. The predicted molar refractivity (Wildman–Crippen MR) is 137 cm³/mol. The molecule has 0 aliphatic rings. The Labute approximate surface area is 218 Å². The fourth-order valence-electron chi connectivity index (χ4n) is 4.21. The minimum absolute atomic E-state index is 0. The van der Waals surface area contributed by atoms with Crippen LogP contribution in [0.25, 0.3) is 0 Å². The number of aliphatic carboxylic acids is 1. The number of carboxylic acids is 1. The molecule has 0 heterocycles.